The van der Waals surface area contributed by atoms with Crippen molar-refractivity contribution in [1.29, 1.82) is 0 Å². The molecule has 15 heavy (non-hydrogen) atoms. The standard InChI is InChI=1S/C14H19N/c1-2-5-12(6-3-1)11-15-10-9-13-7-4-8-14(13)15/h1-3,5-6,13-14H,4,7-11H2/t13-,14-/m1/s1. The molecule has 1 saturated heterocycles. The maximum Gasteiger partial charge on any atom is 0.0236 e. The Labute approximate surface area is 92.1 Å². The lowest BCUT2D eigenvalue weighted by Gasteiger charge is -2.23. The zero-order chi connectivity index (χ0) is 10.1. The molecule has 2 atom stereocenters. The summed E-state index contributed by atoms with van der Waals surface area (Å²) in [6.07, 6.45) is 5.82. The van der Waals surface area contributed by atoms with Crippen molar-refractivity contribution in [2.75, 3.05) is 6.54 Å². The van der Waals surface area contributed by atoms with Crippen molar-refractivity contribution in [3.63, 3.8) is 0 Å². The molecule has 1 aromatic carbocycles. The van der Waals surface area contributed by atoms with Crippen LogP contribution in [-0.4, -0.2) is 17.5 Å². The quantitative estimate of drug-likeness (QED) is 0.711. The van der Waals surface area contributed by atoms with Crippen LogP contribution in [0, 0.1) is 5.92 Å². The molecule has 2 fully saturated rings. The largest absolute Gasteiger partial charge is 0.296 e. The van der Waals surface area contributed by atoms with Gasteiger partial charge in [0.15, 0.2) is 0 Å². The van der Waals surface area contributed by atoms with Crippen LogP contribution in [0.4, 0.5) is 0 Å². The van der Waals surface area contributed by atoms with E-state index in [2.05, 4.69) is 35.2 Å². The molecule has 1 heterocycles. The summed E-state index contributed by atoms with van der Waals surface area (Å²) < 4.78 is 0. The molecular weight excluding hydrogens is 182 g/mol. The zero-order valence-electron chi connectivity index (χ0n) is 9.23. The second-order valence-corrected chi connectivity index (χ2v) is 5.00. The van der Waals surface area contributed by atoms with Crippen molar-refractivity contribution in [2.45, 2.75) is 38.3 Å². The molecule has 1 aliphatic carbocycles. The Bertz CT molecular complexity index is 319. The number of nitrogens with zero attached hydrogens (tertiary/aromatic N) is 1. The van der Waals surface area contributed by atoms with Crippen LogP contribution in [0.15, 0.2) is 30.3 Å². The summed E-state index contributed by atoms with van der Waals surface area (Å²) in [5, 5.41) is 0. The summed E-state index contributed by atoms with van der Waals surface area (Å²) in [5.41, 5.74) is 1.48. The molecule has 1 aliphatic heterocycles. The molecule has 3 rings (SSSR count). The smallest absolute Gasteiger partial charge is 0.0236 e. The Morgan fingerprint density at radius 2 is 1.93 bits per heavy atom. The van der Waals surface area contributed by atoms with Gasteiger partial charge >= 0.3 is 0 Å². The van der Waals surface area contributed by atoms with Crippen LogP contribution in [0.3, 0.4) is 0 Å². The molecule has 0 unspecified atom stereocenters. The molecule has 1 heteroatoms. The predicted molar refractivity (Wildman–Crippen MR) is 62.6 cm³/mol. The number of rotatable bonds is 2. The van der Waals surface area contributed by atoms with Gasteiger partial charge in [-0.2, -0.15) is 0 Å². The molecule has 0 aromatic heterocycles. The van der Waals surface area contributed by atoms with E-state index >= 15 is 0 Å². The van der Waals surface area contributed by atoms with Crippen molar-refractivity contribution in [3.8, 4) is 0 Å². The highest BCUT2D eigenvalue weighted by atomic mass is 15.2. The van der Waals surface area contributed by atoms with E-state index in [-0.39, 0.29) is 0 Å². The highest BCUT2D eigenvalue weighted by Gasteiger charge is 2.36. The van der Waals surface area contributed by atoms with E-state index in [1.807, 2.05) is 0 Å². The molecule has 0 N–H and O–H groups in total. The Morgan fingerprint density at radius 3 is 2.80 bits per heavy atom. The van der Waals surface area contributed by atoms with Gasteiger partial charge in [-0.05, 0) is 37.3 Å². The number of benzene rings is 1. The van der Waals surface area contributed by atoms with Gasteiger partial charge in [0.05, 0.1) is 0 Å². The lowest BCUT2D eigenvalue weighted by atomic mass is 10.0. The zero-order valence-corrected chi connectivity index (χ0v) is 9.23. The van der Waals surface area contributed by atoms with Gasteiger partial charge in [-0.3, -0.25) is 4.90 Å². The molecule has 1 aromatic rings. The van der Waals surface area contributed by atoms with Crippen LogP contribution in [0.2, 0.25) is 0 Å². The summed E-state index contributed by atoms with van der Waals surface area (Å²) >= 11 is 0. The van der Waals surface area contributed by atoms with Gasteiger partial charge in [-0.15, -0.1) is 0 Å². The second-order valence-electron chi connectivity index (χ2n) is 5.00. The summed E-state index contributed by atoms with van der Waals surface area (Å²) in [6, 6.07) is 11.8. The maximum atomic E-state index is 2.70. The highest BCUT2D eigenvalue weighted by molar-refractivity contribution is 5.15. The van der Waals surface area contributed by atoms with Gasteiger partial charge in [0, 0.05) is 12.6 Å². The van der Waals surface area contributed by atoms with Gasteiger partial charge in [-0.1, -0.05) is 36.8 Å². The van der Waals surface area contributed by atoms with Crippen LogP contribution in [-0.2, 0) is 6.54 Å². The minimum Gasteiger partial charge on any atom is -0.296 e. The van der Waals surface area contributed by atoms with E-state index in [0.717, 1.165) is 12.0 Å². The van der Waals surface area contributed by atoms with Gasteiger partial charge in [-0.25, -0.2) is 0 Å². The average molecular weight is 201 g/mol. The minimum absolute atomic E-state index is 0.908. The monoisotopic (exact) mass is 201 g/mol. The Kier molecular flexibility index (Phi) is 2.49. The fourth-order valence-corrected chi connectivity index (χ4v) is 3.35. The molecule has 1 saturated carbocycles. The summed E-state index contributed by atoms with van der Waals surface area (Å²) in [4.78, 5) is 2.70. The minimum atomic E-state index is 0.908. The molecule has 80 valence electrons. The van der Waals surface area contributed by atoms with Crippen LogP contribution in [0.25, 0.3) is 0 Å². The van der Waals surface area contributed by atoms with Crippen molar-refractivity contribution >= 4 is 0 Å². The molecule has 0 spiro atoms. The SMILES string of the molecule is c1ccc(CN2CC[C@H]3CCC[C@H]32)cc1. The lowest BCUT2D eigenvalue weighted by molar-refractivity contribution is 0.233. The topological polar surface area (TPSA) is 3.24 Å². The Hall–Kier alpha value is -0.820. The Balaban J connectivity index is 1.69. The summed E-state index contributed by atoms with van der Waals surface area (Å²) in [5.74, 6) is 1.02. The third-order valence-corrected chi connectivity index (χ3v) is 4.10. The van der Waals surface area contributed by atoms with Gasteiger partial charge in [0.2, 0.25) is 0 Å². The first-order valence-electron chi connectivity index (χ1n) is 6.21. The second kappa shape index (κ2) is 3.97. The van der Waals surface area contributed by atoms with E-state index in [4.69, 9.17) is 0 Å². The van der Waals surface area contributed by atoms with E-state index < -0.39 is 0 Å². The van der Waals surface area contributed by atoms with Gasteiger partial charge < -0.3 is 0 Å². The first-order valence-corrected chi connectivity index (χ1v) is 6.21. The molecule has 0 radical (unpaired) electrons. The van der Waals surface area contributed by atoms with E-state index in [0.29, 0.717) is 0 Å². The molecule has 2 aliphatic rings. The van der Waals surface area contributed by atoms with E-state index in [9.17, 15) is 0 Å². The fourth-order valence-electron chi connectivity index (χ4n) is 3.35. The number of hydrogen-bond acceptors (Lipinski definition) is 1. The third kappa shape index (κ3) is 1.81. The lowest BCUT2D eigenvalue weighted by Crippen LogP contribution is -2.29. The fraction of sp³-hybridized carbons (Fsp3) is 0.571. The van der Waals surface area contributed by atoms with Crippen LogP contribution >= 0.6 is 0 Å². The first-order chi connectivity index (χ1) is 7.43. The summed E-state index contributed by atoms with van der Waals surface area (Å²) in [6.45, 7) is 2.49. The number of hydrogen-bond donors (Lipinski definition) is 0. The maximum absolute atomic E-state index is 2.70. The average Bonchev–Trinajstić information content (AvgIpc) is 2.85. The van der Waals surface area contributed by atoms with Gasteiger partial charge in [0.1, 0.15) is 0 Å². The van der Waals surface area contributed by atoms with Crippen molar-refractivity contribution in [3.05, 3.63) is 35.9 Å². The number of likely N-dealkylation sites (tertiary alicyclic amines) is 1. The predicted octanol–water partition coefficient (Wildman–Crippen LogP) is 3.06. The van der Waals surface area contributed by atoms with Crippen molar-refractivity contribution < 1.29 is 0 Å². The first kappa shape index (κ1) is 9.41. The normalized spacial score (nSPS) is 30.7. The van der Waals surface area contributed by atoms with Crippen LogP contribution in [0.1, 0.15) is 31.2 Å². The highest BCUT2D eigenvalue weighted by Crippen LogP contribution is 2.38. The van der Waals surface area contributed by atoms with Crippen molar-refractivity contribution in [2.24, 2.45) is 5.92 Å². The van der Waals surface area contributed by atoms with E-state index in [1.54, 1.807) is 0 Å². The van der Waals surface area contributed by atoms with Gasteiger partial charge in [0.25, 0.3) is 0 Å². The number of fused-ring (bicyclic) bond motifs is 1. The van der Waals surface area contributed by atoms with Crippen LogP contribution in [0.5, 0.6) is 0 Å². The molecular formula is C14H19N. The summed E-state index contributed by atoms with van der Waals surface area (Å²) in [7, 11) is 0. The van der Waals surface area contributed by atoms with E-state index in [1.165, 1.54) is 44.3 Å². The molecule has 1 nitrogen and oxygen atoms in total. The van der Waals surface area contributed by atoms with Crippen LogP contribution < -0.4 is 0 Å². The molecule has 0 amide bonds. The third-order valence-electron chi connectivity index (χ3n) is 4.10. The Morgan fingerprint density at radius 1 is 1.07 bits per heavy atom. The molecule has 0 bridgehead atoms. The van der Waals surface area contributed by atoms with Crippen molar-refractivity contribution in [1.82, 2.24) is 4.90 Å².